The molecule has 154 valence electrons. The highest BCUT2D eigenvalue weighted by Crippen LogP contribution is 2.27. The van der Waals surface area contributed by atoms with Crippen LogP contribution in [-0.2, 0) is 0 Å². The first-order valence-electron chi connectivity index (χ1n) is 10.2. The zero-order chi connectivity index (χ0) is 21.1. The molecule has 1 saturated heterocycles. The standard InChI is InChI=1S/C24H24ClN3OS/c1-16-6-2-3-15-28(16)18-13-11-17(12-14-18)26-24(30)27-23(29)21-9-4-8-20-19(21)7-5-10-22(20)25/h4-5,7-14,16H,2-3,6,15H2,1H3,(H2,26,27,29,30). The maximum atomic E-state index is 12.8. The van der Waals surface area contributed by atoms with E-state index in [-0.39, 0.29) is 11.0 Å². The minimum absolute atomic E-state index is 0.262. The van der Waals surface area contributed by atoms with Crippen LogP contribution >= 0.6 is 23.8 Å². The van der Waals surface area contributed by atoms with Crippen molar-refractivity contribution in [2.24, 2.45) is 0 Å². The van der Waals surface area contributed by atoms with Crippen LogP contribution in [-0.4, -0.2) is 23.6 Å². The SMILES string of the molecule is CC1CCCCN1c1ccc(NC(=S)NC(=O)c2cccc3c(Cl)cccc23)cc1. The van der Waals surface area contributed by atoms with Crippen LogP contribution in [0.5, 0.6) is 0 Å². The normalized spacial score (nSPS) is 16.3. The molecule has 30 heavy (non-hydrogen) atoms. The maximum absolute atomic E-state index is 12.8. The zero-order valence-electron chi connectivity index (χ0n) is 16.8. The molecule has 2 N–H and O–H groups in total. The molecule has 4 nitrogen and oxygen atoms in total. The second-order valence-corrected chi connectivity index (χ2v) is 8.45. The van der Waals surface area contributed by atoms with Crippen molar-refractivity contribution in [2.75, 3.05) is 16.8 Å². The second-order valence-electron chi connectivity index (χ2n) is 7.63. The smallest absolute Gasteiger partial charge is 0.258 e. The van der Waals surface area contributed by atoms with Crippen LogP contribution < -0.4 is 15.5 Å². The minimum Gasteiger partial charge on any atom is -0.369 e. The van der Waals surface area contributed by atoms with Crippen molar-refractivity contribution in [3.63, 3.8) is 0 Å². The van der Waals surface area contributed by atoms with Gasteiger partial charge in [0.15, 0.2) is 5.11 Å². The molecule has 1 aliphatic heterocycles. The number of hydrogen-bond acceptors (Lipinski definition) is 3. The number of amides is 1. The molecule has 3 aromatic carbocycles. The predicted molar refractivity (Wildman–Crippen MR) is 130 cm³/mol. The van der Waals surface area contributed by atoms with E-state index in [1.54, 1.807) is 6.07 Å². The number of anilines is 2. The number of thiocarbonyl (C=S) groups is 1. The van der Waals surface area contributed by atoms with Gasteiger partial charge in [-0.1, -0.05) is 35.9 Å². The van der Waals surface area contributed by atoms with Crippen LogP contribution in [0.25, 0.3) is 10.8 Å². The summed E-state index contributed by atoms with van der Waals surface area (Å²) in [6.45, 7) is 3.37. The molecule has 1 aliphatic rings. The summed E-state index contributed by atoms with van der Waals surface area (Å²) in [5, 5.41) is 8.38. The van der Waals surface area contributed by atoms with E-state index in [4.69, 9.17) is 23.8 Å². The number of nitrogens with one attached hydrogen (secondary N) is 2. The van der Waals surface area contributed by atoms with Gasteiger partial charge in [0.2, 0.25) is 0 Å². The molecule has 1 unspecified atom stereocenters. The molecule has 6 heteroatoms. The third kappa shape index (κ3) is 4.42. The summed E-state index contributed by atoms with van der Waals surface area (Å²) in [6, 6.07) is 19.8. The van der Waals surface area contributed by atoms with E-state index in [9.17, 15) is 4.79 Å². The Kier molecular flexibility index (Phi) is 6.21. The first-order valence-corrected chi connectivity index (χ1v) is 11.0. The molecule has 0 aliphatic carbocycles. The highest BCUT2D eigenvalue weighted by molar-refractivity contribution is 7.80. The third-order valence-corrected chi connectivity index (χ3v) is 6.13. The molecule has 0 bridgehead atoms. The van der Waals surface area contributed by atoms with Gasteiger partial charge in [0.25, 0.3) is 5.91 Å². The van der Waals surface area contributed by atoms with E-state index in [0.717, 1.165) is 23.0 Å². The lowest BCUT2D eigenvalue weighted by atomic mass is 10.0. The highest BCUT2D eigenvalue weighted by atomic mass is 35.5. The molecule has 3 aromatic rings. The summed E-state index contributed by atoms with van der Waals surface area (Å²) in [5.74, 6) is -0.265. The molecular formula is C24H24ClN3OS. The average molecular weight is 438 g/mol. The topological polar surface area (TPSA) is 44.4 Å². The highest BCUT2D eigenvalue weighted by Gasteiger charge is 2.18. The fourth-order valence-corrected chi connectivity index (χ4v) is 4.47. The summed E-state index contributed by atoms with van der Waals surface area (Å²) in [6.07, 6.45) is 3.77. The van der Waals surface area contributed by atoms with E-state index in [2.05, 4.69) is 34.6 Å². The molecule has 1 fully saturated rings. The van der Waals surface area contributed by atoms with Crippen molar-refractivity contribution in [1.29, 1.82) is 0 Å². The summed E-state index contributed by atoms with van der Waals surface area (Å²) in [5.41, 5.74) is 2.60. The van der Waals surface area contributed by atoms with E-state index in [1.165, 1.54) is 24.9 Å². The van der Waals surface area contributed by atoms with Crippen molar-refractivity contribution in [3.8, 4) is 0 Å². The summed E-state index contributed by atoms with van der Waals surface area (Å²) in [7, 11) is 0. The van der Waals surface area contributed by atoms with Crippen LogP contribution in [0, 0.1) is 0 Å². The van der Waals surface area contributed by atoms with Gasteiger partial charge >= 0.3 is 0 Å². The molecule has 1 amide bonds. The Morgan fingerprint density at radius 3 is 2.53 bits per heavy atom. The van der Waals surface area contributed by atoms with Crippen molar-refractivity contribution >= 4 is 57.0 Å². The lowest BCUT2D eigenvalue weighted by molar-refractivity contribution is 0.0979. The van der Waals surface area contributed by atoms with Gasteiger partial charge in [-0.3, -0.25) is 10.1 Å². The summed E-state index contributed by atoms with van der Waals surface area (Å²) >= 11 is 11.6. The monoisotopic (exact) mass is 437 g/mol. The number of carbonyl (C=O) groups is 1. The van der Waals surface area contributed by atoms with Gasteiger partial charge in [-0.15, -0.1) is 0 Å². The predicted octanol–water partition coefficient (Wildman–Crippen LogP) is 6.00. The van der Waals surface area contributed by atoms with Crippen molar-refractivity contribution < 1.29 is 4.79 Å². The Labute approximate surface area is 187 Å². The lowest BCUT2D eigenvalue weighted by Gasteiger charge is -2.35. The Morgan fingerprint density at radius 2 is 1.77 bits per heavy atom. The lowest BCUT2D eigenvalue weighted by Crippen LogP contribution is -2.37. The molecule has 0 spiro atoms. The fraction of sp³-hybridized carbons (Fsp3) is 0.250. The van der Waals surface area contributed by atoms with E-state index in [1.807, 2.05) is 42.5 Å². The van der Waals surface area contributed by atoms with Crippen LogP contribution in [0.15, 0.2) is 60.7 Å². The summed E-state index contributed by atoms with van der Waals surface area (Å²) < 4.78 is 0. The number of nitrogens with zero attached hydrogens (tertiary/aromatic N) is 1. The first-order chi connectivity index (χ1) is 14.5. The van der Waals surface area contributed by atoms with Gasteiger partial charge in [-0.2, -0.15) is 0 Å². The number of piperidine rings is 1. The molecular weight excluding hydrogens is 414 g/mol. The van der Waals surface area contributed by atoms with Crippen LogP contribution in [0.4, 0.5) is 11.4 Å². The van der Waals surface area contributed by atoms with Crippen molar-refractivity contribution in [2.45, 2.75) is 32.2 Å². The Hall–Kier alpha value is -2.63. The van der Waals surface area contributed by atoms with Gasteiger partial charge in [0, 0.05) is 39.9 Å². The molecule has 1 heterocycles. The number of benzene rings is 3. The molecule has 0 saturated carbocycles. The minimum atomic E-state index is -0.265. The quantitative estimate of drug-likeness (QED) is 0.493. The Morgan fingerprint density at radius 1 is 1.03 bits per heavy atom. The average Bonchev–Trinajstić information content (AvgIpc) is 2.74. The molecule has 1 atom stereocenters. The third-order valence-electron chi connectivity index (χ3n) is 5.60. The van der Waals surface area contributed by atoms with E-state index < -0.39 is 0 Å². The van der Waals surface area contributed by atoms with Gasteiger partial charge < -0.3 is 10.2 Å². The van der Waals surface area contributed by atoms with Gasteiger partial charge in [-0.25, -0.2) is 0 Å². The largest absolute Gasteiger partial charge is 0.369 e. The maximum Gasteiger partial charge on any atom is 0.258 e. The molecule has 0 radical (unpaired) electrons. The number of fused-ring (bicyclic) bond motifs is 1. The van der Waals surface area contributed by atoms with Crippen LogP contribution in [0.1, 0.15) is 36.5 Å². The first kappa shape index (κ1) is 20.6. The van der Waals surface area contributed by atoms with Crippen LogP contribution in [0.3, 0.4) is 0 Å². The van der Waals surface area contributed by atoms with Gasteiger partial charge in [0.1, 0.15) is 0 Å². The van der Waals surface area contributed by atoms with Gasteiger partial charge in [-0.05, 0) is 80.2 Å². The second kappa shape index (κ2) is 9.02. The molecule has 0 aromatic heterocycles. The number of carbonyl (C=O) groups excluding carboxylic acids is 1. The number of rotatable bonds is 3. The van der Waals surface area contributed by atoms with E-state index in [0.29, 0.717) is 16.6 Å². The number of hydrogen-bond donors (Lipinski definition) is 2. The Bertz CT molecular complexity index is 1080. The van der Waals surface area contributed by atoms with E-state index >= 15 is 0 Å². The Balaban J connectivity index is 1.42. The summed E-state index contributed by atoms with van der Waals surface area (Å²) in [4.78, 5) is 15.2. The zero-order valence-corrected chi connectivity index (χ0v) is 18.4. The van der Waals surface area contributed by atoms with Crippen molar-refractivity contribution in [1.82, 2.24) is 5.32 Å². The van der Waals surface area contributed by atoms with Crippen molar-refractivity contribution in [3.05, 3.63) is 71.2 Å². The van der Waals surface area contributed by atoms with Gasteiger partial charge in [0.05, 0.1) is 0 Å². The fourth-order valence-electron chi connectivity index (χ4n) is 4.02. The molecule has 4 rings (SSSR count). The number of halogens is 1. The van der Waals surface area contributed by atoms with Crippen LogP contribution in [0.2, 0.25) is 5.02 Å².